The summed E-state index contributed by atoms with van der Waals surface area (Å²) in [7, 11) is 0. The van der Waals surface area contributed by atoms with Crippen molar-refractivity contribution in [1.82, 2.24) is 0 Å². The van der Waals surface area contributed by atoms with Gasteiger partial charge in [0.1, 0.15) is 0 Å². The van der Waals surface area contributed by atoms with E-state index in [-0.39, 0.29) is 9.04 Å². The standard InChI is InChI=1S/C13H11NO2.C2H3O.Hg/c15-12-7-5-11(6-8-12)14-9-10-3-1-2-4-13(10)16;1-2-3;/h1-9,15-16H;1H3;/q;;+1/p-1. The zero-order chi connectivity index (χ0) is 14.4. The summed E-state index contributed by atoms with van der Waals surface area (Å²) in [5.41, 5.74) is 1.43. The molecule has 0 heterocycles. The number of hydrogen-bond donors (Lipinski definition) is 1. The molecule has 0 spiro atoms. The number of aromatic hydroxyl groups is 1. The summed E-state index contributed by atoms with van der Waals surface area (Å²) in [6, 6.07) is 14.3. The molecule has 2 aromatic carbocycles. The minimum absolute atomic E-state index is 0.201. The molecule has 0 amide bonds. The summed E-state index contributed by atoms with van der Waals surface area (Å²) in [4.78, 5) is 15.2. The Morgan fingerprint density at radius 3 is 2.55 bits per heavy atom. The Morgan fingerprint density at radius 1 is 1.20 bits per heavy atom. The van der Waals surface area contributed by atoms with Crippen LogP contribution in [-0.4, -0.2) is 14.6 Å². The molecule has 0 fully saturated rings. The fraction of sp³-hybridized carbons (Fsp3) is 0.0667. The van der Waals surface area contributed by atoms with Gasteiger partial charge in [-0.1, -0.05) is 0 Å². The summed E-state index contributed by atoms with van der Waals surface area (Å²) >= 11 is -1.86. The molecule has 2 rings (SSSR count). The molecule has 98 valence electrons. The molecule has 4 nitrogen and oxygen atoms in total. The van der Waals surface area contributed by atoms with Crippen LogP contribution < -0.4 is 2.64 Å². The predicted molar refractivity (Wildman–Crippen MR) is 73.1 cm³/mol. The third-order valence-corrected chi connectivity index (χ3v) is 6.01. The fourth-order valence-corrected chi connectivity index (χ4v) is 3.74. The topological polar surface area (TPSA) is 58.9 Å². The summed E-state index contributed by atoms with van der Waals surface area (Å²) in [5, 5.41) is 9.62. The summed E-state index contributed by atoms with van der Waals surface area (Å²) in [5.74, 6) is 0.927. The molecule has 1 N–H and O–H groups in total. The third kappa shape index (κ3) is 4.45. The number of hydrogen-bond acceptors (Lipinski definition) is 4. The fourth-order valence-electron chi connectivity index (χ4n) is 1.55. The first kappa shape index (κ1) is 14.7. The van der Waals surface area contributed by atoms with Gasteiger partial charge >= 0.3 is 130 Å². The second-order valence-electron chi connectivity index (χ2n) is 4.30. The van der Waals surface area contributed by atoms with E-state index in [0.717, 1.165) is 11.4 Å². The van der Waals surface area contributed by atoms with Crippen molar-refractivity contribution >= 4 is 15.2 Å². The van der Waals surface area contributed by atoms with Gasteiger partial charge in [-0.25, -0.2) is 0 Å². The number of para-hydroxylation sites is 1. The van der Waals surface area contributed by atoms with Crippen molar-refractivity contribution in [2.45, 2.75) is 6.92 Å². The first-order valence-corrected chi connectivity index (χ1v) is 11.2. The zero-order valence-electron chi connectivity index (χ0n) is 11.1. The normalized spacial score (nSPS) is 10.2. The molecule has 0 radical (unpaired) electrons. The number of carbonyl (C=O) groups is 1. The van der Waals surface area contributed by atoms with Crippen molar-refractivity contribution < 1.29 is 37.6 Å². The zero-order valence-corrected chi connectivity index (χ0v) is 16.6. The van der Waals surface area contributed by atoms with Crippen molar-refractivity contribution in [1.29, 1.82) is 0 Å². The van der Waals surface area contributed by atoms with Crippen LogP contribution in [0.4, 0.5) is 5.69 Å². The van der Waals surface area contributed by atoms with E-state index >= 15 is 0 Å². The molecule has 5 heteroatoms. The van der Waals surface area contributed by atoms with E-state index < -0.39 is 25.0 Å². The van der Waals surface area contributed by atoms with Crippen LogP contribution in [0.25, 0.3) is 0 Å². The molecule has 0 aliphatic heterocycles. The molecule has 0 saturated heterocycles. The number of carbonyl (C=O) groups excluding carboxylic acids is 1. The van der Waals surface area contributed by atoms with Crippen molar-refractivity contribution in [3.8, 4) is 11.5 Å². The van der Waals surface area contributed by atoms with Crippen LogP contribution in [0.5, 0.6) is 11.5 Å². The monoisotopic (exact) mass is 457 g/mol. The van der Waals surface area contributed by atoms with Crippen LogP contribution in [0.3, 0.4) is 0 Å². The van der Waals surface area contributed by atoms with Crippen molar-refractivity contribution in [3.05, 3.63) is 54.1 Å². The minimum atomic E-state index is -1.86. The van der Waals surface area contributed by atoms with E-state index in [4.69, 9.17) is 2.64 Å². The number of phenolic OH excluding ortho intramolecular Hbond substituents is 1. The number of benzene rings is 2. The molecule has 0 bridgehead atoms. The van der Waals surface area contributed by atoms with Gasteiger partial charge in [-0.2, -0.15) is 0 Å². The van der Waals surface area contributed by atoms with E-state index in [1.54, 1.807) is 43.5 Å². The molecule has 20 heavy (non-hydrogen) atoms. The molecule has 0 unspecified atom stereocenters. The second kappa shape index (κ2) is 7.19. The van der Waals surface area contributed by atoms with E-state index in [9.17, 15) is 9.90 Å². The predicted octanol–water partition coefficient (Wildman–Crippen LogP) is 3.07. The quantitative estimate of drug-likeness (QED) is 0.557. The first-order chi connectivity index (χ1) is 9.65. The summed E-state index contributed by atoms with van der Waals surface area (Å²) < 4.78 is 5.69. The average Bonchev–Trinajstić information content (AvgIpc) is 2.45. The van der Waals surface area contributed by atoms with Crippen molar-refractivity contribution in [2.24, 2.45) is 4.99 Å². The van der Waals surface area contributed by atoms with Gasteiger partial charge in [0.05, 0.1) is 0 Å². The van der Waals surface area contributed by atoms with E-state index in [1.807, 2.05) is 18.2 Å². The molecular weight excluding hydrogens is 443 g/mol. The summed E-state index contributed by atoms with van der Waals surface area (Å²) in [6.07, 6.45) is 1.61. The van der Waals surface area contributed by atoms with Gasteiger partial charge in [0, 0.05) is 0 Å². The van der Waals surface area contributed by atoms with Crippen LogP contribution in [0.1, 0.15) is 12.5 Å². The van der Waals surface area contributed by atoms with Crippen molar-refractivity contribution in [2.75, 3.05) is 0 Å². The van der Waals surface area contributed by atoms with Crippen LogP contribution >= 0.6 is 0 Å². The maximum absolute atomic E-state index is 10.9. The Hall–Kier alpha value is -1.68. The molecule has 2 aromatic rings. The Morgan fingerprint density at radius 2 is 1.90 bits per heavy atom. The Kier molecular flexibility index (Phi) is 5.29. The van der Waals surface area contributed by atoms with Gasteiger partial charge in [-0.15, -0.1) is 0 Å². The average molecular weight is 456 g/mol. The molecule has 0 atom stereocenters. The summed E-state index contributed by atoms with van der Waals surface area (Å²) in [6.45, 7) is 1.58. The van der Waals surface area contributed by atoms with E-state index in [1.165, 1.54) is 0 Å². The van der Waals surface area contributed by atoms with Crippen LogP contribution in [-0.2, 0) is 29.8 Å². The SMILES string of the molecule is C[C](=O)[Hg][O]c1ccc(N=Cc2ccccc2O)cc1. The van der Waals surface area contributed by atoms with Gasteiger partial charge < -0.3 is 0 Å². The number of aliphatic imine (C=N–C) groups is 1. The van der Waals surface area contributed by atoms with Gasteiger partial charge in [0.2, 0.25) is 0 Å². The van der Waals surface area contributed by atoms with Crippen LogP contribution in [0.2, 0.25) is 0 Å². The van der Waals surface area contributed by atoms with Gasteiger partial charge in [0.15, 0.2) is 0 Å². The molecular formula is C15H13HgNO3. The van der Waals surface area contributed by atoms with E-state index in [2.05, 4.69) is 4.99 Å². The Labute approximate surface area is 130 Å². The number of rotatable bonds is 5. The molecule has 0 aliphatic carbocycles. The number of phenols is 1. The maximum atomic E-state index is 10.9. The Bertz CT molecular complexity index is 623. The molecule has 0 aromatic heterocycles. The van der Waals surface area contributed by atoms with Gasteiger partial charge in [-0.05, 0) is 0 Å². The van der Waals surface area contributed by atoms with Crippen LogP contribution in [0, 0.1) is 0 Å². The first-order valence-electron chi connectivity index (χ1n) is 6.19. The van der Waals surface area contributed by atoms with Gasteiger partial charge in [0.25, 0.3) is 0 Å². The second-order valence-corrected chi connectivity index (χ2v) is 10.4. The van der Waals surface area contributed by atoms with Crippen molar-refractivity contribution in [3.63, 3.8) is 0 Å². The molecule has 0 saturated carbocycles. The number of nitrogens with zero attached hydrogens (tertiary/aromatic N) is 1. The molecule has 0 aliphatic rings. The van der Waals surface area contributed by atoms with E-state index in [0.29, 0.717) is 5.56 Å². The van der Waals surface area contributed by atoms with Gasteiger partial charge in [-0.3, -0.25) is 0 Å². The van der Waals surface area contributed by atoms with Crippen LogP contribution in [0.15, 0.2) is 53.5 Å². The third-order valence-electron chi connectivity index (χ3n) is 2.57. The Balaban J connectivity index is 2.04.